The molecule has 2 aromatic rings. The molecule has 1 saturated heterocycles. The molecule has 4 rings (SSSR count). The Morgan fingerprint density at radius 3 is 1.90 bits per heavy atom. The summed E-state index contributed by atoms with van der Waals surface area (Å²) >= 11 is 0. The number of alkyl halides is 9. The van der Waals surface area contributed by atoms with Crippen molar-refractivity contribution >= 4 is 10.2 Å². The van der Waals surface area contributed by atoms with Gasteiger partial charge in [0.2, 0.25) is 0 Å². The molecule has 42 heavy (non-hydrogen) atoms. The number of nitrogens with one attached hydrogen (secondary N) is 1. The smallest absolute Gasteiger partial charge is 0.376 e. The van der Waals surface area contributed by atoms with Gasteiger partial charge in [-0.3, -0.25) is 0 Å². The van der Waals surface area contributed by atoms with Crippen molar-refractivity contribution in [3.05, 3.63) is 69.8 Å². The van der Waals surface area contributed by atoms with E-state index in [1.54, 1.807) is 0 Å². The van der Waals surface area contributed by atoms with Crippen LogP contribution in [0.25, 0.3) is 0 Å². The maximum absolute atomic E-state index is 13.7. The van der Waals surface area contributed by atoms with Crippen LogP contribution in [-0.4, -0.2) is 25.9 Å². The topological polar surface area (TPSA) is 58.6 Å². The van der Waals surface area contributed by atoms with Crippen LogP contribution < -0.4 is 4.72 Å². The normalized spacial score (nSPS) is 23.3. The van der Waals surface area contributed by atoms with Crippen LogP contribution in [0.3, 0.4) is 0 Å². The second kappa shape index (κ2) is 11.6. The van der Waals surface area contributed by atoms with E-state index >= 15 is 0 Å². The molecule has 1 N–H and O–H groups in total. The second-order valence-corrected chi connectivity index (χ2v) is 12.3. The van der Waals surface area contributed by atoms with E-state index in [0.29, 0.717) is 17.7 Å². The largest absolute Gasteiger partial charge is 0.416 e. The third-order valence-corrected chi connectivity index (χ3v) is 9.56. The van der Waals surface area contributed by atoms with E-state index in [1.165, 1.54) is 20.1 Å². The first kappa shape index (κ1) is 32.6. The lowest BCUT2D eigenvalue weighted by molar-refractivity contribution is -0.143. The molecule has 0 aromatic heterocycles. The molecule has 5 nitrogen and oxygen atoms in total. The van der Waals surface area contributed by atoms with Gasteiger partial charge in [-0.25, -0.2) is 0 Å². The number of hydrogen-bond donors (Lipinski definition) is 1. The summed E-state index contributed by atoms with van der Waals surface area (Å²) in [7, 11) is -3.15. The van der Waals surface area contributed by atoms with E-state index in [2.05, 4.69) is 4.72 Å². The van der Waals surface area contributed by atoms with Crippen LogP contribution in [0.15, 0.2) is 36.4 Å². The van der Waals surface area contributed by atoms with Crippen LogP contribution in [0.1, 0.15) is 84.6 Å². The average molecular weight is 633 g/mol. The molecule has 1 heterocycles. The highest BCUT2D eigenvalue weighted by atomic mass is 32.2. The number of halogens is 9. The lowest BCUT2D eigenvalue weighted by Gasteiger charge is -2.32. The Labute approximate surface area is 237 Å². The number of hydrogen-bond acceptors (Lipinski definition) is 3. The zero-order valence-electron chi connectivity index (χ0n) is 22.5. The van der Waals surface area contributed by atoms with Crippen molar-refractivity contribution in [2.75, 3.05) is 7.11 Å². The predicted octanol–water partition coefficient (Wildman–Crippen LogP) is 7.79. The predicted molar refractivity (Wildman–Crippen MR) is 134 cm³/mol. The van der Waals surface area contributed by atoms with Crippen LogP contribution in [0, 0.1) is 5.92 Å². The van der Waals surface area contributed by atoms with Crippen molar-refractivity contribution in [3.63, 3.8) is 0 Å². The molecule has 2 fully saturated rings. The maximum Gasteiger partial charge on any atom is 0.416 e. The molecule has 0 spiro atoms. The van der Waals surface area contributed by atoms with Crippen molar-refractivity contribution in [1.29, 1.82) is 0 Å². The van der Waals surface area contributed by atoms with Crippen LogP contribution in [0.4, 0.5) is 39.5 Å². The molecule has 1 unspecified atom stereocenters. The zero-order valence-corrected chi connectivity index (χ0v) is 23.3. The highest BCUT2D eigenvalue weighted by Crippen LogP contribution is 2.43. The third-order valence-electron chi connectivity index (χ3n) is 7.93. The van der Waals surface area contributed by atoms with Gasteiger partial charge in [0.25, 0.3) is 10.2 Å². The average Bonchev–Trinajstić information content (AvgIpc) is 3.12. The van der Waals surface area contributed by atoms with Crippen LogP contribution in [0.2, 0.25) is 0 Å². The van der Waals surface area contributed by atoms with E-state index < -0.39 is 75.7 Å². The first-order valence-corrected chi connectivity index (χ1v) is 14.6. The summed E-state index contributed by atoms with van der Waals surface area (Å²) in [6.45, 7) is 0.641. The van der Waals surface area contributed by atoms with Crippen molar-refractivity contribution < 1.29 is 52.7 Å². The van der Waals surface area contributed by atoms with Gasteiger partial charge in [0.1, 0.15) is 0 Å². The van der Waals surface area contributed by atoms with Crippen LogP contribution in [-0.2, 0) is 40.0 Å². The Morgan fingerprint density at radius 2 is 1.40 bits per heavy atom. The summed E-state index contributed by atoms with van der Waals surface area (Å²) in [5.74, 6) is -0.0383. The summed E-state index contributed by atoms with van der Waals surface area (Å²) in [4.78, 5) is 0. The summed E-state index contributed by atoms with van der Waals surface area (Å²) in [6, 6.07) is 0.901. The fourth-order valence-electron chi connectivity index (χ4n) is 5.82. The van der Waals surface area contributed by atoms with E-state index in [4.69, 9.17) is 4.74 Å². The lowest BCUT2D eigenvalue weighted by atomic mass is 9.81. The van der Waals surface area contributed by atoms with Gasteiger partial charge in [0.05, 0.1) is 28.8 Å². The Hall–Kier alpha value is -2.36. The van der Waals surface area contributed by atoms with Gasteiger partial charge in [0, 0.05) is 19.7 Å². The molecule has 2 aromatic carbocycles. The van der Waals surface area contributed by atoms with E-state index in [0.717, 1.165) is 48.5 Å². The van der Waals surface area contributed by atoms with Crippen molar-refractivity contribution in [2.24, 2.45) is 5.92 Å². The fraction of sp³-hybridized carbons (Fsp3) is 0.556. The molecule has 1 aliphatic heterocycles. The molecule has 1 saturated carbocycles. The monoisotopic (exact) mass is 632 g/mol. The van der Waals surface area contributed by atoms with E-state index in [9.17, 15) is 47.9 Å². The molecule has 234 valence electrons. The highest BCUT2D eigenvalue weighted by molar-refractivity contribution is 7.87. The number of ether oxygens (including phenoxy) is 1. The Bertz CT molecular complexity index is 1350. The first-order chi connectivity index (χ1) is 19.3. The van der Waals surface area contributed by atoms with Gasteiger partial charge in [-0.05, 0) is 72.7 Å². The number of benzene rings is 2. The molecular weight excluding hydrogens is 603 g/mol. The van der Waals surface area contributed by atoms with Gasteiger partial charge in [-0.1, -0.05) is 25.3 Å². The number of methoxy groups -OCH3 is 1. The summed E-state index contributed by atoms with van der Waals surface area (Å²) in [5.41, 5.74) is -4.56. The molecule has 0 radical (unpaired) electrons. The maximum atomic E-state index is 13.7. The SMILES string of the molecule is COC(c1ccc(C(F)(F)F)cc1CN1[C@@H](C)[C@@H](c2cc(C(F)(F)F)cc(C(F)(F)F)c2)NS1(=O)=O)C1CCCCC1. The minimum Gasteiger partial charge on any atom is -0.376 e. The fourth-order valence-corrected chi connectivity index (χ4v) is 7.48. The zero-order chi connectivity index (χ0) is 31.3. The Balaban J connectivity index is 1.76. The molecular formula is C27H29F9N2O3S. The molecule has 0 amide bonds. The molecule has 3 atom stereocenters. The van der Waals surface area contributed by atoms with Gasteiger partial charge in [0.15, 0.2) is 0 Å². The van der Waals surface area contributed by atoms with Gasteiger partial charge in [-0.2, -0.15) is 57.0 Å². The number of rotatable bonds is 6. The quantitative estimate of drug-likeness (QED) is 0.331. The van der Waals surface area contributed by atoms with Crippen LogP contribution in [0.5, 0.6) is 0 Å². The van der Waals surface area contributed by atoms with Gasteiger partial charge >= 0.3 is 18.5 Å². The highest BCUT2D eigenvalue weighted by Gasteiger charge is 2.46. The lowest BCUT2D eigenvalue weighted by Crippen LogP contribution is -2.34. The minimum atomic E-state index is -5.16. The van der Waals surface area contributed by atoms with Gasteiger partial charge < -0.3 is 4.74 Å². The van der Waals surface area contributed by atoms with Crippen molar-refractivity contribution in [1.82, 2.24) is 9.03 Å². The minimum absolute atomic E-state index is 0.0276. The van der Waals surface area contributed by atoms with E-state index in [-0.39, 0.29) is 17.5 Å². The second-order valence-electron chi connectivity index (χ2n) is 10.7. The van der Waals surface area contributed by atoms with Crippen LogP contribution >= 0.6 is 0 Å². The van der Waals surface area contributed by atoms with E-state index in [1.807, 2.05) is 0 Å². The third kappa shape index (κ3) is 6.89. The molecule has 2 aliphatic rings. The standard InChI is InChI=1S/C27H29F9N2O3S/c1-15-23(17-10-20(26(31,32)33)13-21(11-17)27(34,35)36)37-42(39,40)38(15)14-18-12-19(25(28,29)30)8-9-22(18)24(41-2)16-6-4-3-5-7-16/h8-13,15-16,23-24,37H,3-7,14H2,1-2H3/t15-,23-,24?/m0/s1. The van der Waals surface area contributed by atoms with Gasteiger partial charge in [-0.15, -0.1) is 0 Å². The molecule has 15 heteroatoms. The Kier molecular flexibility index (Phi) is 9.01. The summed E-state index contributed by atoms with van der Waals surface area (Å²) in [5, 5.41) is 0. The first-order valence-electron chi connectivity index (χ1n) is 13.1. The number of nitrogens with zero attached hydrogens (tertiary/aromatic N) is 1. The van der Waals surface area contributed by atoms with Crippen molar-refractivity contribution in [3.8, 4) is 0 Å². The van der Waals surface area contributed by atoms with Crippen molar-refractivity contribution in [2.45, 2.75) is 82.3 Å². The summed E-state index contributed by atoms with van der Waals surface area (Å²) < 4.78 is 157. The summed E-state index contributed by atoms with van der Waals surface area (Å²) in [6.07, 6.45) is -11.4. The molecule has 0 bridgehead atoms. The molecule has 1 aliphatic carbocycles. The Morgan fingerprint density at radius 1 is 0.857 bits per heavy atom.